The fraction of sp³-hybridized carbons (Fsp3) is 1.00. The number of hydrogen-bond acceptors (Lipinski definition) is 1. The molecule has 2 saturated carbocycles. The van der Waals surface area contributed by atoms with Crippen molar-refractivity contribution in [2.24, 2.45) is 11.3 Å². The Balaban J connectivity index is 1.94. The van der Waals surface area contributed by atoms with Crippen LogP contribution in [0.5, 0.6) is 0 Å². The largest absolute Gasteiger partial charge is 0.392 e. The van der Waals surface area contributed by atoms with E-state index < -0.39 is 0 Å². The summed E-state index contributed by atoms with van der Waals surface area (Å²) in [5, 5.41) is 10.1. The highest BCUT2D eigenvalue weighted by atomic mass is 16.3. The summed E-state index contributed by atoms with van der Waals surface area (Å²) in [7, 11) is 0. The molecule has 12 heavy (non-hydrogen) atoms. The third-order valence-corrected chi connectivity index (χ3v) is 4.07. The molecule has 2 fully saturated rings. The van der Waals surface area contributed by atoms with Gasteiger partial charge in [0, 0.05) is 0 Å². The van der Waals surface area contributed by atoms with Crippen LogP contribution in [0.1, 0.15) is 51.9 Å². The third-order valence-electron chi connectivity index (χ3n) is 4.07. The van der Waals surface area contributed by atoms with Crippen molar-refractivity contribution in [3.8, 4) is 0 Å². The summed E-state index contributed by atoms with van der Waals surface area (Å²) >= 11 is 0. The molecule has 1 atom stereocenters. The fourth-order valence-corrected chi connectivity index (χ4v) is 2.79. The number of hydrogen-bond donors (Lipinski definition) is 1. The van der Waals surface area contributed by atoms with Gasteiger partial charge in [-0.15, -0.1) is 0 Å². The molecule has 2 aliphatic carbocycles. The molecule has 0 bridgehead atoms. The minimum atomic E-state index is 0.0324. The van der Waals surface area contributed by atoms with Gasteiger partial charge in [0.2, 0.25) is 0 Å². The van der Waals surface area contributed by atoms with Gasteiger partial charge in [-0.25, -0.2) is 0 Å². The van der Waals surface area contributed by atoms with E-state index in [1.165, 1.54) is 44.9 Å². The monoisotopic (exact) mass is 168 g/mol. The third kappa shape index (κ3) is 1.28. The van der Waals surface area contributed by atoms with Crippen molar-refractivity contribution < 1.29 is 5.11 Å². The van der Waals surface area contributed by atoms with Gasteiger partial charge in [0.15, 0.2) is 0 Å². The lowest BCUT2D eigenvalue weighted by atomic mass is 9.85. The Labute approximate surface area is 75.2 Å². The summed E-state index contributed by atoms with van der Waals surface area (Å²) in [6.07, 6.45) is 9.03. The molecule has 0 saturated heterocycles. The number of rotatable bonds is 3. The van der Waals surface area contributed by atoms with Crippen molar-refractivity contribution in [3.63, 3.8) is 0 Å². The van der Waals surface area contributed by atoms with E-state index in [1.54, 1.807) is 0 Å². The highest BCUT2D eigenvalue weighted by Crippen LogP contribution is 2.55. The molecular weight excluding hydrogens is 148 g/mol. The van der Waals surface area contributed by atoms with Gasteiger partial charge in [-0.05, 0) is 43.4 Å². The molecule has 2 aliphatic rings. The smallest absolute Gasteiger partial charge is 0.0624 e. The van der Waals surface area contributed by atoms with Gasteiger partial charge < -0.3 is 5.11 Å². The SMILES string of the molecule is CCC1(C(O)C2CCCC2)CC1. The Bertz CT molecular complexity index is 154. The second-order valence-corrected chi connectivity index (χ2v) is 4.71. The van der Waals surface area contributed by atoms with Gasteiger partial charge in [0.25, 0.3) is 0 Å². The van der Waals surface area contributed by atoms with Crippen molar-refractivity contribution in [3.05, 3.63) is 0 Å². The van der Waals surface area contributed by atoms with Gasteiger partial charge in [0.1, 0.15) is 0 Å². The summed E-state index contributed by atoms with van der Waals surface area (Å²) in [6.45, 7) is 2.23. The maximum Gasteiger partial charge on any atom is 0.0624 e. The van der Waals surface area contributed by atoms with E-state index in [9.17, 15) is 5.11 Å². The van der Waals surface area contributed by atoms with Crippen molar-refractivity contribution in [2.45, 2.75) is 58.0 Å². The summed E-state index contributed by atoms with van der Waals surface area (Å²) < 4.78 is 0. The number of aliphatic hydroxyl groups is 1. The highest BCUT2D eigenvalue weighted by molar-refractivity contribution is 5.00. The maximum absolute atomic E-state index is 10.1. The van der Waals surface area contributed by atoms with Crippen LogP contribution in [0.4, 0.5) is 0 Å². The van der Waals surface area contributed by atoms with E-state index in [4.69, 9.17) is 0 Å². The molecular formula is C11H20O. The molecule has 0 aliphatic heterocycles. The zero-order chi connectivity index (χ0) is 8.60. The van der Waals surface area contributed by atoms with Crippen LogP contribution in [0, 0.1) is 11.3 Å². The Morgan fingerprint density at radius 1 is 1.33 bits per heavy atom. The Morgan fingerprint density at radius 2 is 1.92 bits per heavy atom. The molecule has 0 spiro atoms. The van der Waals surface area contributed by atoms with Crippen LogP contribution < -0.4 is 0 Å². The summed E-state index contributed by atoms with van der Waals surface area (Å²) in [5.41, 5.74) is 0.370. The first-order chi connectivity index (χ1) is 5.78. The topological polar surface area (TPSA) is 20.2 Å². The second-order valence-electron chi connectivity index (χ2n) is 4.71. The molecule has 1 nitrogen and oxygen atoms in total. The molecule has 70 valence electrons. The Morgan fingerprint density at radius 3 is 2.33 bits per heavy atom. The van der Waals surface area contributed by atoms with E-state index in [0.717, 1.165) is 0 Å². The van der Waals surface area contributed by atoms with E-state index >= 15 is 0 Å². The lowest BCUT2D eigenvalue weighted by molar-refractivity contribution is 0.0370. The summed E-state index contributed by atoms with van der Waals surface area (Å²) in [5.74, 6) is 0.646. The summed E-state index contributed by atoms with van der Waals surface area (Å²) in [4.78, 5) is 0. The minimum Gasteiger partial charge on any atom is -0.392 e. The van der Waals surface area contributed by atoms with Crippen molar-refractivity contribution in [1.82, 2.24) is 0 Å². The average molecular weight is 168 g/mol. The Hall–Kier alpha value is -0.0400. The first kappa shape index (κ1) is 8.55. The van der Waals surface area contributed by atoms with Crippen molar-refractivity contribution >= 4 is 0 Å². The fourth-order valence-electron chi connectivity index (χ4n) is 2.79. The quantitative estimate of drug-likeness (QED) is 0.687. The highest BCUT2D eigenvalue weighted by Gasteiger charge is 2.49. The zero-order valence-electron chi connectivity index (χ0n) is 8.05. The normalized spacial score (nSPS) is 30.5. The zero-order valence-corrected chi connectivity index (χ0v) is 8.05. The molecule has 1 unspecified atom stereocenters. The number of aliphatic hydroxyl groups excluding tert-OH is 1. The van der Waals surface area contributed by atoms with E-state index in [1.807, 2.05) is 0 Å². The lowest BCUT2D eigenvalue weighted by Crippen LogP contribution is -2.28. The molecule has 0 radical (unpaired) electrons. The van der Waals surface area contributed by atoms with Gasteiger partial charge in [-0.1, -0.05) is 19.8 Å². The van der Waals surface area contributed by atoms with Crippen LogP contribution in [-0.4, -0.2) is 11.2 Å². The van der Waals surface area contributed by atoms with E-state index in [0.29, 0.717) is 11.3 Å². The predicted molar refractivity (Wildman–Crippen MR) is 49.9 cm³/mol. The molecule has 0 aromatic carbocycles. The lowest BCUT2D eigenvalue weighted by Gasteiger charge is -2.26. The predicted octanol–water partition coefficient (Wildman–Crippen LogP) is 2.73. The van der Waals surface area contributed by atoms with Crippen LogP contribution in [0.15, 0.2) is 0 Å². The van der Waals surface area contributed by atoms with Gasteiger partial charge >= 0.3 is 0 Å². The molecule has 1 N–H and O–H groups in total. The summed E-state index contributed by atoms with van der Waals surface area (Å²) in [6, 6.07) is 0. The molecule has 0 aromatic heterocycles. The van der Waals surface area contributed by atoms with E-state index in [2.05, 4.69) is 6.92 Å². The van der Waals surface area contributed by atoms with Crippen LogP contribution in [-0.2, 0) is 0 Å². The molecule has 2 rings (SSSR count). The first-order valence-electron chi connectivity index (χ1n) is 5.46. The Kier molecular flexibility index (Phi) is 2.16. The van der Waals surface area contributed by atoms with Crippen LogP contribution >= 0.6 is 0 Å². The first-order valence-corrected chi connectivity index (χ1v) is 5.46. The standard InChI is InChI=1S/C11H20O/c1-2-11(7-8-11)10(12)9-5-3-4-6-9/h9-10,12H,2-8H2,1H3. The van der Waals surface area contributed by atoms with Crippen LogP contribution in [0.2, 0.25) is 0 Å². The molecule has 1 heteroatoms. The van der Waals surface area contributed by atoms with Crippen LogP contribution in [0.3, 0.4) is 0 Å². The van der Waals surface area contributed by atoms with E-state index in [-0.39, 0.29) is 6.10 Å². The maximum atomic E-state index is 10.1. The molecule has 0 heterocycles. The van der Waals surface area contributed by atoms with Gasteiger partial charge in [-0.3, -0.25) is 0 Å². The second kappa shape index (κ2) is 3.02. The van der Waals surface area contributed by atoms with Gasteiger partial charge in [0.05, 0.1) is 6.10 Å². The van der Waals surface area contributed by atoms with Crippen molar-refractivity contribution in [2.75, 3.05) is 0 Å². The molecule has 0 aromatic rings. The van der Waals surface area contributed by atoms with Gasteiger partial charge in [-0.2, -0.15) is 0 Å². The van der Waals surface area contributed by atoms with Crippen molar-refractivity contribution in [1.29, 1.82) is 0 Å². The van der Waals surface area contributed by atoms with Crippen LogP contribution in [0.25, 0.3) is 0 Å². The molecule has 0 amide bonds. The average Bonchev–Trinajstić information content (AvgIpc) is 2.71. The minimum absolute atomic E-state index is 0.0324.